The second kappa shape index (κ2) is 8.98. The topological polar surface area (TPSA) is 42.8 Å². The fourth-order valence-corrected chi connectivity index (χ4v) is 4.51. The van der Waals surface area contributed by atoms with E-state index in [1.807, 2.05) is 48.5 Å². The van der Waals surface area contributed by atoms with Crippen LogP contribution in [-0.2, 0) is 9.53 Å². The van der Waals surface area contributed by atoms with Crippen LogP contribution in [0.2, 0.25) is 0 Å². The second-order valence-corrected chi connectivity index (χ2v) is 8.15. The van der Waals surface area contributed by atoms with Crippen molar-refractivity contribution in [1.82, 2.24) is 0 Å². The lowest BCUT2D eigenvalue weighted by Gasteiger charge is -2.41. The van der Waals surface area contributed by atoms with Crippen molar-refractivity contribution in [3.8, 4) is 0 Å². The molecule has 1 unspecified atom stereocenters. The van der Waals surface area contributed by atoms with Crippen LogP contribution in [0, 0.1) is 5.82 Å². The number of quaternary nitrogens is 1. The first-order chi connectivity index (χ1) is 14.6. The summed E-state index contributed by atoms with van der Waals surface area (Å²) in [5.74, 6) is -0.612. The van der Waals surface area contributed by atoms with Crippen molar-refractivity contribution in [3.63, 3.8) is 0 Å². The van der Waals surface area contributed by atoms with Gasteiger partial charge in [-0.2, -0.15) is 0 Å². The van der Waals surface area contributed by atoms with Gasteiger partial charge in [0.05, 0.1) is 12.2 Å². The van der Waals surface area contributed by atoms with Gasteiger partial charge in [0.15, 0.2) is 12.7 Å². The van der Waals surface area contributed by atoms with E-state index in [-0.39, 0.29) is 24.4 Å². The highest BCUT2D eigenvalue weighted by Crippen LogP contribution is 2.35. The van der Waals surface area contributed by atoms with Gasteiger partial charge in [0.2, 0.25) is 0 Å². The van der Waals surface area contributed by atoms with E-state index in [4.69, 9.17) is 4.74 Å². The highest BCUT2D eigenvalue weighted by atomic mass is 79.9. The van der Waals surface area contributed by atoms with Gasteiger partial charge in [0.25, 0.3) is 0 Å². The van der Waals surface area contributed by atoms with Crippen molar-refractivity contribution in [1.29, 1.82) is 0 Å². The number of halogens is 2. The minimum Gasteiger partial charge on any atom is -0.462 e. The van der Waals surface area contributed by atoms with E-state index >= 15 is 0 Å². The molecular weight excluding hydrogens is 447 g/mol. The third-order valence-corrected chi connectivity index (χ3v) is 5.86. The van der Waals surface area contributed by atoms with Crippen LogP contribution < -0.4 is 10.2 Å². The molecule has 4 rings (SSSR count). The summed E-state index contributed by atoms with van der Waals surface area (Å²) in [6.07, 6.45) is -0.450. The fourth-order valence-electron chi connectivity index (χ4n) is 4.13. The molecule has 0 aliphatic carbocycles. The normalized spacial score (nSPS) is 20.2. The van der Waals surface area contributed by atoms with Gasteiger partial charge in [-0.05, 0) is 37.3 Å². The van der Waals surface area contributed by atoms with E-state index in [9.17, 15) is 9.18 Å². The summed E-state index contributed by atoms with van der Waals surface area (Å²) in [5, 5.41) is 3.47. The first-order valence-electron chi connectivity index (χ1n) is 9.95. The van der Waals surface area contributed by atoms with Crippen LogP contribution in [0.5, 0.6) is 0 Å². The van der Waals surface area contributed by atoms with E-state index in [0.29, 0.717) is 12.2 Å². The number of hydrogen-bond donors (Lipinski definition) is 2. The largest absolute Gasteiger partial charge is 0.462 e. The van der Waals surface area contributed by atoms with E-state index < -0.39 is 6.17 Å². The number of carbonyl (C=O) groups excluding carboxylic acids is 1. The molecule has 0 aromatic heterocycles. The molecule has 154 valence electrons. The van der Waals surface area contributed by atoms with Crippen LogP contribution in [0.25, 0.3) is 0 Å². The van der Waals surface area contributed by atoms with Crippen LogP contribution in [0.1, 0.15) is 35.8 Å². The molecule has 0 amide bonds. The Bertz CT molecular complexity index is 1040. The zero-order chi connectivity index (χ0) is 21.1. The number of carbonyl (C=O) groups is 1. The van der Waals surface area contributed by atoms with Crippen molar-refractivity contribution in [2.45, 2.75) is 19.1 Å². The van der Waals surface area contributed by atoms with Gasteiger partial charge in [-0.3, -0.25) is 4.90 Å². The molecule has 0 fully saturated rings. The molecule has 1 aliphatic rings. The Morgan fingerprint density at radius 3 is 2.53 bits per heavy atom. The van der Waals surface area contributed by atoms with Gasteiger partial charge in [0, 0.05) is 21.3 Å². The second-order valence-electron chi connectivity index (χ2n) is 7.23. The predicted molar refractivity (Wildman–Crippen MR) is 118 cm³/mol. The molecule has 3 aromatic rings. The molecule has 2 N–H and O–H groups in total. The molecule has 0 spiro atoms. The Morgan fingerprint density at radius 2 is 1.80 bits per heavy atom. The number of ether oxygens (including phenoxy) is 1. The Balaban J connectivity index is 1.89. The SMILES string of the molecule is CCOC(=O)C[NH+]1[C@@H](c2ccccc2)c2cc(Br)ccc2N[C@@H]1c1ccccc1F. The molecule has 30 heavy (non-hydrogen) atoms. The van der Waals surface area contributed by atoms with Crippen molar-refractivity contribution in [3.05, 3.63) is 99.8 Å². The highest BCUT2D eigenvalue weighted by molar-refractivity contribution is 9.10. The Morgan fingerprint density at radius 1 is 1.07 bits per heavy atom. The Hall–Kier alpha value is -2.70. The van der Waals surface area contributed by atoms with Gasteiger partial charge < -0.3 is 10.1 Å². The van der Waals surface area contributed by atoms with Crippen LogP contribution in [0.3, 0.4) is 0 Å². The third kappa shape index (κ3) is 4.11. The average molecular weight is 470 g/mol. The molecule has 0 radical (unpaired) electrons. The summed E-state index contributed by atoms with van der Waals surface area (Å²) in [7, 11) is 0. The summed E-state index contributed by atoms with van der Waals surface area (Å²) < 4.78 is 21.0. The van der Waals surface area contributed by atoms with E-state index in [1.165, 1.54) is 6.07 Å². The molecular formula is C24H23BrFN2O2+. The minimum atomic E-state index is -0.450. The van der Waals surface area contributed by atoms with Gasteiger partial charge in [-0.25, -0.2) is 9.18 Å². The van der Waals surface area contributed by atoms with Crippen molar-refractivity contribution in [2.75, 3.05) is 18.5 Å². The maximum atomic E-state index is 14.8. The quantitative estimate of drug-likeness (QED) is 0.548. The van der Waals surface area contributed by atoms with Crippen LogP contribution in [0.4, 0.5) is 10.1 Å². The number of rotatable bonds is 5. The summed E-state index contributed by atoms with van der Waals surface area (Å²) in [6.45, 7) is 2.20. The molecule has 3 atom stereocenters. The monoisotopic (exact) mass is 469 g/mol. The van der Waals surface area contributed by atoms with E-state index in [1.54, 1.807) is 19.1 Å². The zero-order valence-electron chi connectivity index (χ0n) is 16.6. The predicted octanol–water partition coefficient (Wildman–Crippen LogP) is 4.25. The molecule has 0 saturated carbocycles. The first kappa shape index (κ1) is 20.6. The zero-order valence-corrected chi connectivity index (χ0v) is 18.2. The van der Waals surface area contributed by atoms with E-state index in [0.717, 1.165) is 26.2 Å². The Labute approximate surface area is 183 Å². The maximum Gasteiger partial charge on any atom is 0.361 e. The van der Waals surface area contributed by atoms with Crippen LogP contribution >= 0.6 is 15.9 Å². The minimum absolute atomic E-state index is 0.103. The number of hydrogen-bond acceptors (Lipinski definition) is 3. The summed E-state index contributed by atoms with van der Waals surface area (Å²) in [6, 6.07) is 22.6. The van der Waals surface area contributed by atoms with Gasteiger partial charge >= 0.3 is 5.97 Å². The first-order valence-corrected chi connectivity index (χ1v) is 10.7. The van der Waals surface area contributed by atoms with E-state index in [2.05, 4.69) is 27.3 Å². The third-order valence-electron chi connectivity index (χ3n) is 5.37. The molecule has 3 aromatic carbocycles. The molecule has 1 heterocycles. The van der Waals surface area contributed by atoms with Gasteiger partial charge in [-0.1, -0.05) is 58.4 Å². The van der Waals surface area contributed by atoms with Crippen LogP contribution in [0.15, 0.2) is 77.3 Å². The Kier molecular flexibility index (Phi) is 6.16. The van der Waals surface area contributed by atoms with Crippen molar-refractivity contribution >= 4 is 27.6 Å². The van der Waals surface area contributed by atoms with Gasteiger partial charge in [-0.15, -0.1) is 0 Å². The standard InChI is InChI=1S/C24H22BrFN2O2/c1-2-30-22(29)15-28-23(16-8-4-3-5-9-16)19-14-17(25)12-13-21(19)27-24(28)18-10-6-7-11-20(18)26/h3-14,23-24,27H,2,15H2,1H3/p+1/t23-,24-/m0/s1. The van der Waals surface area contributed by atoms with Crippen LogP contribution in [-0.4, -0.2) is 19.1 Å². The number of benzene rings is 3. The molecule has 1 aliphatic heterocycles. The maximum absolute atomic E-state index is 14.8. The fraction of sp³-hybridized carbons (Fsp3) is 0.208. The summed E-state index contributed by atoms with van der Waals surface area (Å²) in [5.41, 5.74) is 3.54. The number of fused-ring (bicyclic) bond motifs is 1. The lowest BCUT2D eigenvalue weighted by molar-refractivity contribution is -0.947. The van der Waals surface area contributed by atoms with Gasteiger partial charge in [0.1, 0.15) is 11.9 Å². The average Bonchev–Trinajstić information content (AvgIpc) is 2.74. The molecule has 6 heteroatoms. The van der Waals surface area contributed by atoms with Crippen molar-refractivity contribution in [2.24, 2.45) is 0 Å². The number of anilines is 1. The lowest BCUT2D eigenvalue weighted by atomic mass is 9.91. The number of esters is 1. The smallest absolute Gasteiger partial charge is 0.361 e. The number of nitrogens with one attached hydrogen (secondary N) is 2. The molecule has 0 saturated heterocycles. The summed E-state index contributed by atoms with van der Waals surface area (Å²) >= 11 is 3.57. The molecule has 4 nitrogen and oxygen atoms in total. The molecule has 0 bridgehead atoms. The van der Waals surface area contributed by atoms with Crippen molar-refractivity contribution < 1.29 is 18.8 Å². The summed E-state index contributed by atoms with van der Waals surface area (Å²) in [4.78, 5) is 13.4. The lowest BCUT2D eigenvalue weighted by Crippen LogP contribution is -3.15. The highest BCUT2D eigenvalue weighted by Gasteiger charge is 2.42.